The summed E-state index contributed by atoms with van der Waals surface area (Å²) in [6.07, 6.45) is 4.32. The Morgan fingerprint density at radius 3 is 2.64 bits per heavy atom. The van der Waals surface area contributed by atoms with Gasteiger partial charge in [-0.3, -0.25) is 14.4 Å². The van der Waals surface area contributed by atoms with Crippen molar-refractivity contribution in [3.63, 3.8) is 0 Å². The van der Waals surface area contributed by atoms with Crippen molar-refractivity contribution < 1.29 is 19.1 Å². The van der Waals surface area contributed by atoms with Crippen molar-refractivity contribution in [3.05, 3.63) is 22.4 Å². The summed E-state index contributed by atoms with van der Waals surface area (Å²) in [6.45, 7) is 2.19. The Bertz CT molecular complexity index is 580. The average Bonchev–Trinajstić information content (AvgIpc) is 3.14. The number of hydrogen-bond acceptors (Lipinski definition) is 5. The van der Waals surface area contributed by atoms with Crippen molar-refractivity contribution in [1.82, 2.24) is 10.2 Å². The van der Waals surface area contributed by atoms with Gasteiger partial charge < -0.3 is 15.0 Å². The Morgan fingerprint density at radius 1 is 1.28 bits per heavy atom. The van der Waals surface area contributed by atoms with Crippen LogP contribution < -0.4 is 5.32 Å². The quantitative estimate of drug-likeness (QED) is 0.752. The third-order valence-electron chi connectivity index (χ3n) is 4.64. The van der Waals surface area contributed by atoms with Gasteiger partial charge in [0.1, 0.15) is 0 Å². The van der Waals surface area contributed by atoms with Crippen LogP contribution in [0.5, 0.6) is 0 Å². The second-order valence-electron chi connectivity index (χ2n) is 6.56. The molecule has 1 fully saturated rings. The number of nitrogens with zero attached hydrogens (tertiary/aromatic N) is 1. The van der Waals surface area contributed by atoms with Gasteiger partial charge in [0.15, 0.2) is 6.61 Å². The fourth-order valence-electron chi connectivity index (χ4n) is 2.92. The molecule has 2 amide bonds. The van der Waals surface area contributed by atoms with Crippen molar-refractivity contribution in [2.24, 2.45) is 5.92 Å². The minimum absolute atomic E-state index is 0.0506. The number of hydrogen-bond donors (Lipinski definition) is 1. The zero-order valence-electron chi connectivity index (χ0n) is 14.8. The van der Waals surface area contributed by atoms with E-state index in [9.17, 15) is 14.4 Å². The summed E-state index contributed by atoms with van der Waals surface area (Å²) in [6, 6.07) is 3.76. The van der Waals surface area contributed by atoms with Gasteiger partial charge in [-0.05, 0) is 43.0 Å². The first-order valence-electron chi connectivity index (χ1n) is 8.70. The second-order valence-corrected chi connectivity index (χ2v) is 7.51. The third-order valence-corrected chi connectivity index (χ3v) is 5.51. The lowest BCUT2D eigenvalue weighted by Crippen LogP contribution is -2.41. The molecule has 138 valence electrons. The molecule has 1 aromatic rings. The molecule has 0 spiro atoms. The third kappa shape index (κ3) is 6.16. The van der Waals surface area contributed by atoms with Crippen molar-refractivity contribution in [2.75, 3.05) is 20.2 Å². The molecule has 1 N–H and O–H groups in total. The summed E-state index contributed by atoms with van der Waals surface area (Å²) >= 11 is 1.34. The van der Waals surface area contributed by atoms with Crippen molar-refractivity contribution in [2.45, 2.75) is 45.1 Å². The van der Waals surface area contributed by atoms with Crippen LogP contribution in [0.2, 0.25) is 0 Å². The molecule has 25 heavy (non-hydrogen) atoms. The smallest absolute Gasteiger partial charge is 0.308 e. The maximum atomic E-state index is 12.1. The van der Waals surface area contributed by atoms with Gasteiger partial charge in [-0.1, -0.05) is 13.0 Å². The molecular weight excluding hydrogens is 340 g/mol. The predicted octanol–water partition coefficient (Wildman–Crippen LogP) is 2.45. The maximum absolute atomic E-state index is 12.1. The van der Waals surface area contributed by atoms with Gasteiger partial charge in [0.25, 0.3) is 11.8 Å². The lowest BCUT2D eigenvalue weighted by molar-refractivity contribution is -0.152. The number of ether oxygens (including phenoxy) is 1. The van der Waals surface area contributed by atoms with Gasteiger partial charge in [0, 0.05) is 19.6 Å². The van der Waals surface area contributed by atoms with Crippen LogP contribution in [0.4, 0.5) is 0 Å². The van der Waals surface area contributed by atoms with Gasteiger partial charge in [-0.25, -0.2) is 0 Å². The summed E-state index contributed by atoms with van der Waals surface area (Å²) < 4.78 is 5.03. The molecule has 0 saturated heterocycles. The normalized spacial score (nSPS) is 19.9. The zero-order valence-corrected chi connectivity index (χ0v) is 15.6. The van der Waals surface area contributed by atoms with Crippen LogP contribution in [0.15, 0.2) is 17.5 Å². The van der Waals surface area contributed by atoms with Crippen LogP contribution in [0, 0.1) is 5.92 Å². The number of esters is 1. The number of thiophene rings is 1. The average molecular weight is 366 g/mol. The SMILES string of the molecule is CC1CCC(N(C)C(=O)COC(=O)CCNC(=O)c2cccs2)CC1. The molecule has 7 heteroatoms. The Morgan fingerprint density at radius 2 is 2.00 bits per heavy atom. The fourth-order valence-corrected chi connectivity index (χ4v) is 3.56. The Kier molecular flexibility index (Phi) is 7.43. The highest BCUT2D eigenvalue weighted by Crippen LogP contribution is 2.26. The van der Waals surface area contributed by atoms with Crippen molar-refractivity contribution >= 4 is 29.1 Å². The van der Waals surface area contributed by atoms with Crippen LogP contribution in [0.25, 0.3) is 0 Å². The Balaban J connectivity index is 1.62. The second kappa shape index (κ2) is 9.56. The molecule has 0 unspecified atom stereocenters. The molecule has 1 aliphatic carbocycles. The van der Waals surface area contributed by atoms with E-state index >= 15 is 0 Å². The maximum Gasteiger partial charge on any atom is 0.308 e. The standard InChI is InChI=1S/C18H26N2O4S/c1-13-5-7-14(8-6-13)20(2)16(21)12-24-17(22)9-10-19-18(23)15-4-3-11-25-15/h3-4,11,13-14H,5-10,12H2,1-2H3,(H,19,23). The number of likely N-dealkylation sites (N-methyl/N-ethyl adjacent to an activating group) is 1. The van der Waals surface area contributed by atoms with E-state index in [1.807, 2.05) is 5.38 Å². The van der Waals surface area contributed by atoms with Gasteiger partial charge in [-0.15, -0.1) is 11.3 Å². The van der Waals surface area contributed by atoms with Gasteiger partial charge in [0.05, 0.1) is 11.3 Å². The molecule has 1 aliphatic rings. The zero-order chi connectivity index (χ0) is 18.2. The van der Waals surface area contributed by atoms with Crippen molar-refractivity contribution in [3.8, 4) is 0 Å². The molecule has 0 bridgehead atoms. The minimum Gasteiger partial charge on any atom is -0.456 e. The summed E-state index contributed by atoms with van der Waals surface area (Å²) in [5.41, 5.74) is 0. The predicted molar refractivity (Wildman–Crippen MR) is 96.4 cm³/mol. The van der Waals surface area contributed by atoms with E-state index < -0.39 is 5.97 Å². The van der Waals surface area contributed by atoms with E-state index in [0.29, 0.717) is 4.88 Å². The first-order valence-corrected chi connectivity index (χ1v) is 9.58. The number of amides is 2. The van der Waals surface area contributed by atoms with Crippen LogP contribution >= 0.6 is 11.3 Å². The molecule has 2 rings (SSSR count). The number of nitrogens with one attached hydrogen (secondary N) is 1. The van der Waals surface area contributed by atoms with Crippen LogP contribution in [-0.2, 0) is 14.3 Å². The molecule has 1 saturated carbocycles. The van der Waals surface area contributed by atoms with Gasteiger partial charge in [0.2, 0.25) is 0 Å². The summed E-state index contributed by atoms with van der Waals surface area (Å²) in [5.74, 6) is -0.131. The Labute approximate surface area is 152 Å². The molecule has 0 aromatic carbocycles. The fraction of sp³-hybridized carbons (Fsp3) is 0.611. The largest absolute Gasteiger partial charge is 0.456 e. The lowest BCUT2D eigenvalue weighted by Gasteiger charge is -2.33. The number of rotatable bonds is 7. The van der Waals surface area contributed by atoms with E-state index in [2.05, 4.69) is 12.2 Å². The highest BCUT2D eigenvalue weighted by atomic mass is 32.1. The summed E-state index contributed by atoms with van der Waals surface area (Å²) in [7, 11) is 1.78. The lowest BCUT2D eigenvalue weighted by atomic mass is 9.87. The molecule has 0 radical (unpaired) electrons. The first-order chi connectivity index (χ1) is 12.0. The monoisotopic (exact) mass is 366 g/mol. The van der Waals surface area contributed by atoms with E-state index in [-0.39, 0.29) is 37.4 Å². The highest BCUT2D eigenvalue weighted by molar-refractivity contribution is 7.12. The summed E-state index contributed by atoms with van der Waals surface area (Å²) in [4.78, 5) is 37.9. The van der Waals surface area contributed by atoms with Crippen molar-refractivity contribution in [1.29, 1.82) is 0 Å². The van der Waals surface area contributed by atoms with Crippen LogP contribution in [-0.4, -0.2) is 48.9 Å². The van der Waals surface area contributed by atoms with Crippen LogP contribution in [0.1, 0.15) is 48.7 Å². The van der Waals surface area contributed by atoms with E-state index in [0.717, 1.165) is 31.6 Å². The molecule has 0 atom stereocenters. The molecular formula is C18H26N2O4S. The Hall–Kier alpha value is -1.89. The highest BCUT2D eigenvalue weighted by Gasteiger charge is 2.25. The minimum atomic E-state index is -0.481. The molecule has 0 aliphatic heterocycles. The number of carbonyl (C=O) groups excluding carboxylic acids is 3. The van der Waals surface area contributed by atoms with E-state index in [1.54, 1.807) is 24.1 Å². The van der Waals surface area contributed by atoms with Crippen LogP contribution in [0.3, 0.4) is 0 Å². The first kappa shape index (κ1) is 19.4. The molecule has 1 heterocycles. The topological polar surface area (TPSA) is 75.7 Å². The van der Waals surface area contributed by atoms with Gasteiger partial charge >= 0.3 is 5.97 Å². The number of carbonyl (C=O) groups is 3. The summed E-state index contributed by atoms with van der Waals surface area (Å²) in [5, 5.41) is 4.48. The molecule has 6 nitrogen and oxygen atoms in total. The molecule has 1 aromatic heterocycles. The van der Waals surface area contributed by atoms with E-state index in [4.69, 9.17) is 4.74 Å². The van der Waals surface area contributed by atoms with E-state index in [1.165, 1.54) is 11.3 Å². The van der Waals surface area contributed by atoms with Gasteiger partial charge in [-0.2, -0.15) is 0 Å².